The van der Waals surface area contributed by atoms with Crippen LogP contribution in [0.1, 0.15) is 65.0 Å². The Morgan fingerprint density at radius 2 is 1.76 bits per heavy atom. The number of aromatic nitrogens is 6. The van der Waals surface area contributed by atoms with E-state index in [1.807, 2.05) is 39.5 Å². The third-order valence-corrected chi connectivity index (χ3v) is 5.75. The van der Waals surface area contributed by atoms with Crippen LogP contribution in [0.5, 0.6) is 0 Å². The van der Waals surface area contributed by atoms with Gasteiger partial charge in [-0.3, -0.25) is 4.79 Å². The monoisotopic (exact) mass is 480 g/mol. The lowest BCUT2D eigenvalue weighted by Gasteiger charge is -2.33. The van der Waals surface area contributed by atoms with Gasteiger partial charge in [-0.15, -0.1) is 15.3 Å². The number of hydrogen-bond acceptors (Lipinski definition) is 8. The number of rotatable bonds is 4. The SMILES string of the molecule is CC(C)(C)c1nc(C(C)(C)NC(=O)C2CCN(c3ccc4nnc(C(F)(F)F)n4n3)CC2)no1. The van der Waals surface area contributed by atoms with Crippen molar-refractivity contribution in [2.75, 3.05) is 18.0 Å². The number of nitrogens with one attached hydrogen (secondary N) is 1. The van der Waals surface area contributed by atoms with E-state index in [4.69, 9.17) is 4.52 Å². The van der Waals surface area contributed by atoms with Crippen LogP contribution in [-0.2, 0) is 21.9 Å². The average molecular weight is 480 g/mol. The Bertz CT molecular complexity index is 1190. The molecule has 1 N–H and O–H groups in total. The Morgan fingerprint density at radius 3 is 2.35 bits per heavy atom. The maximum atomic E-state index is 13.1. The number of nitrogens with zero attached hydrogens (tertiary/aromatic N) is 7. The van der Waals surface area contributed by atoms with Crippen molar-refractivity contribution in [1.82, 2.24) is 35.3 Å². The van der Waals surface area contributed by atoms with Gasteiger partial charge in [0.25, 0.3) is 5.82 Å². The van der Waals surface area contributed by atoms with E-state index >= 15 is 0 Å². The highest BCUT2D eigenvalue weighted by Gasteiger charge is 2.38. The Balaban J connectivity index is 1.40. The summed E-state index contributed by atoms with van der Waals surface area (Å²) in [6, 6.07) is 3.05. The third kappa shape index (κ3) is 4.68. The predicted molar refractivity (Wildman–Crippen MR) is 115 cm³/mol. The van der Waals surface area contributed by atoms with Gasteiger partial charge in [-0.05, 0) is 38.8 Å². The minimum absolute atomic E-state index is 0.0173. The number of hydrogen-bond donors (Lipinski definition) is 1. The lowest BCUT2D eigenvalue weighted by atomic mass is 9.93. The second-order valence-electron chi connectivity index (χ2n) is 10.0. The molecule has 0 aromatic carbocycles. The van der Waals surface area contributed by atoms with Gasteiger partial charge in [-0.25, -0.2) is 0 Å². The van der Waals surface area contributed by atoms with Crippen LogP contribution in [0.2, 0.25) is 0 Å². The number of piperidine rings is 1. The molecular formula is C21H27F3N8O2. The molecule has 1 aliphatic rings. The summed E-state index contributed by atoms with van der Waals surface area (Å²) < 4.78 is 45.5. The molecule has 1 aliphatic heterocycles. The minimum Gasteiger partial charge on any atom is -0.355 e. The predicted octanol–water partition coefficient (Wildman–Crippen LogP) is 3.09. The van der Waals surface area contributed by atoms with Gasteiger partial charge < -0.3 is 14.7 Å². The number of alkyl halides is 3. The van der Waals surface area contributed by atoms with Crippen molar-refractivity contribution in [3.63, 3.8) is 0 Å². The highest BCUT2D eigenvalue weighted by atomic mass is 19.4. The third-order valence-electron chi connectivity index (χ3n) is 5.75. The molecule has 1 saturated heterocycles. The van der Waals surface area contributed by atoms with Gasteiger partial charge in [-0.2, -0.15) is 22.7 Å². The summed E-state index contributed by atoms with van der Waals surface area (Å²) in [6.45, 7) is 10.5. The van der Waals surface area contributed by atoms with E-state index in [-0.39, 0.29) is 22.9 Å². The summed E-state index contributed by atoms with van der Waals surface area (Å²) in [5.41, 5.74) is -1.11. The van der Waals surface area contributed by atoms with Crippen molar-refractivity contribution in [2.24, 2.45) is 5.92 Å². The molecule has 13 heteroatoms. The zero-order chi connectivity index (χ0) is 24.9. The van der Waals surface area contributed by atoms with E-state index in [2.05, 4.69) is 30.8 Å². The molecule has 0 atom stereocenters. The Morgan fingerprint density at radius 1 is 1.09 bits per heavy atom. The molecule has 3 aromatic rings. The van der Waals surface area contributed by atoms with Gasteiger partial charge >= 0.3 is 6.18 Å². The molecule has 0 saturated carbocycles. The lowest BCUT2D eigenvalue weighted by molar-refractivity contribution is -0.146. The fourth-order valence-electron chi connectivity index (χ4n) is 3.74. The maximum absolute atomic E-state index is 13.1. The zero-order valence-corrected chi connectivity index (χ0v) is 19.6. The molecule has 0 unspecified atom stereocenters. The molecule has 10 nitrogen and oxygen atoms in total. The number of carbonyl (C=O) groups is 1. The van der Waals surface area contributed by atoms with Crippen LogP contribution in [0.15, 0.2) is 16.7 Å². The minimum atomic E-state index is -4.66. The second kappa shape index (κ2) is 8.20. The molecule has 0 radical (unpaired) electrons. The standard InChI is InChI=1S/C21H27F3N8O2/c1-19(2,3)18-25-16(30-34-18)20(4,5)26-15(33)12-8-10-31(11-9-12)14-7-6-13-27-28-17(21(22,23)24)32(13)29-14/h6-7,12H,8-11H2,1-5H3,(H,26,33). The average Bonchev–Trinajstić information content (AvgIpc) is 3.40. The number of carbonyl (C=O) groups excluding carboxylic acids is 1. The largest absolute Gasteiger partial charge is 0.453 e. The number of anilines is 1. The first-order valence-corrected chi connectivity index (χ1v) is 11.0. The number of amides is 1. The molecule has 0 bridgehead atoms. The van der Waals surface area contributed by atoms with Crippen molar-refractivity contribution < 1.29 is 22.5 Å². The van der Waals surface area contributed by atoms with Crippen LogP contribution in [0.4, 0.5) is 19.0 Å². The van der Waals surface area contributed by atoms with Crippen LogP contribution >= 0.6 is 0 Å². The van der Waals surface area contributed by atoms with Gasteiger partial charge in [-0.1, -0.05) is 25.9 Å². The molecule has 4 rings (SSSR count). The molecule has 0 aliphatic carbocycles. The fourth-order valence-corrected chi connectivity index (χ4v) is 3.74. The van der Waals surface area contributed by atoms with Crippen molar-refractivity contribution in [3.05, 3.63) is 29.7 Å². The van der Waals surface area contributed by atoms with Gasteiger partial charge in [0.2, 0.25) is 11.8 Å². The molecule has 1 fully saturated rings. The van der Waals surface area contributed by atoms with Gasteiger partial charge in [0.05, 0.1) is 5.54 Å². The smallest absolute Gasteiger partial charge is 0.355 e. The van der Waals surface area contributed by atoms with Crippen molar-refractivity contribution in [3.8, 4) is 0 Å². The van der Waals surface area contributed by atoms with Crippen molar-refractivity contribution in [1.29, 1.82) is 0 Å². The molecule has 3 aromatic heterocycles. The summed E-state index contributed by atoms with van der Waals surface area (Å²) in [5.74, 6) is -0.294. The van der Waals surface area contributed by atoms with E-state index in [1.54, 1.807) is 6.07 Å². The Hall–Kier alpha value is -3.25. The van der Waals surface area contributed by atoms with E-state index in [0.29, 0.717) is 48.0 Å². The summed E-state index contributed by atoms with van der Waals surface area (Å²) in [5, 5.41) is 17.8. The Kier molecular flexibility index (Phi) is 5.76. The van der Waals surface area contributed by atoms with E-state index in [0.717, 1.165) is 0 Å². The second-order valence-corrected chi connectivity index (χ2v) is 10.0. The summed E-state index contributed by atoms with van der Waals surface area (Å²) >= 11 is 0. The molecule has 184 valence electrons. The first kappa shape index (κ1) is 23.9. The first-order chi connectivity index (χ1) is 15.8. The van der Waals surface area contributed by atoms with Crippen LogP contribution in [-0.4, -0.2) is 48.9 Å². The number of fused-ring (bicyclic) bond motifs is 1. The Labute approximate surface area is 193 Å². The maximum Gasteiger partial charge on any atom is 0.453 e. The van der Waals surface area contributed by atoms with Gasteiger partial charge in [0.1, 0.15) is 5.82 Å². The molecular weight excluding hydrogens is 453 g/mol. The summed E-state index contributed by atoms with van der Waals surface area (Å²) in [6.07, 6.45) is -3.61. The van der Waals surface area contributed by atoms with E-state index < -0.39 is 17.5 Å². The lowest BCUT2D eigenvalue weighted by Crippen LogP contribution is -2.47. The molecule has 34 heavy (non-hydrogen) atoms. The van der Waals surface area contributed by atoms with Crippen molar-refractivity contribution in [2.45, 2.75) is 64.6 Å². The molecule has 0 spiro atoms. The quantitative estimate of drug-likeness (QED) is 0.606. The highest BCUT2D eigenvalue weighted by Crippen LogP contribution is 2.29. The van der Waals surface area contributed by atoms with Crippen LogP contribution < -0.4 is 10.2 Å². The van der Waals surface area contributed by atoms with Gasteiger partial charge in [0, 0.05) is 24.4 Å². The van der Waals surface area contributed by atoms with Crippen LogP contribution in [0.25, 0.3) is 5.65 Å². The summed E-state index contributed by atoms with van der Waals surface area (Å²) in [4.78, 5) is 19.2. The van der Waals surface area contributed by atoms with E-state index in [9.17, 15) is 18.0 Å². The van der Waals surface area contributed by atoms with Crippen molar-refractivity contribution >= 4 is 17.4 Å². The van der Waals surface area contributed by atoms with Crippen LogP contribution in [0, 0.1) is 5.92 Å². The molecule has 1 amide bonds. The summed E-state index contributed by atoms with van der Waals surface area (Å²) in [7, 11) is 0. The van der Waals surface area contributed by atoms with Gasteiger partial charge in [0.15, 0.2) is 11.5 Å². The number of halogens is 3. The zero-order valence-electron chi connectivity index (χ0n) is 19.6. The highest BCUT2D eigenvalue weighted by molar-refractivity contribution is 5.79. The normalized spacial score (nSPS) is 16.3. The van der Waals surface area contributed by atoms with E-state index in [1.165, 1.54) is 6.07 Å². The van der Waals surface area contributed by atoms with Crippen LogP contribution in [0.3, 0.4) is 0 Å². The first-order valence-electron chi connectivity index (χ1n) is 11.0. The fraction of sp³-hybridized carbons (Fsp3) is 0.619. The molecule has 4 heterocycles. The topological polar surface area (TPSA) is 114 Å².